The van der Waals surface area contributed by atoms with E-state index in [0.717, 1.165) is 16.5 Å². The molecule has 0 saturated heterocycles. The van der Waals surface area contributed by atoms with Crippen LogP contribution in [0.2, 0.25) is 5.02 Å². The predicted molar refractivity (Wildman–Crippen MR) is 114 cm³/mol. The van der Waals surface area contributed by atoms with Crippen LogP contribution >= 0.6 is 11.6 Å². The monoisotopic (exact) mass is 433 g/mol. The Labute approximate surface area is 182 Å². The van der Waals surface area contributed by atoms with Crippen LogP contribution in [-0.2, 0) is 11.4 Å². The molecule has 0 amide bonds. The molecule has 4 rings (SSSR count). The Morgan fingerprint density at radius 3 is 2.74 bits per heavy atom. The van der Waals surface area contributed by atoms with Gasteiger partial charge in [0.1, 0.15) is 29.8 Å². The van der Waals surface area contributed by atoms with Crippen molar-refractivity contribution in [3.05, 3.63) is 94.7 Å². The van der Waals surface area contributed by atoms with Gasteiger partial charge in [0.2, 0.25) is 6.10 Å². The fourth-order valence-corrected chi connectivity index (χ4v) is 3.35. The van der Waals surface area contributed by atoms with Crippen molar-refractivity contribution < 1.29 is 23.8 Å². The number of carboxylic acid groups (broad SMARTS) is 1. The molecule has 1 aromatic heterocycles. The van der Waals surface area contributed by atoms with E-state index in [9.17, 15) is 15.2 Å². The lowest BCUT2D eigenvalue weighted by Gasteiger charge is -2.18. The average Bonchev–Trinajstić information content (AvgIpc) is 3.24. The van der Waals surface area contributed by atoms with Crippen LogP contribution in [0, 0.1) is 11.3 Å². The van der Waals surface area contributed by atoms with Crippen molar-refractivity contribution in [2.75, 3.05) is 0 Å². The molecule has 31 heavy (non-hydrogen) atoms. The number of rotatable bonds is 7. The van der Waals surface area contributed by atoms with Crippen molar-refractivity contribution in [2.24, 2.45) is 0 Å². The quantitative estimate of drug-likeness (QED) is 0.399. The summed E-state index contributed by atoms with van der Waals surface area (Å²) in [6.07, 6.45) is 0.247. The lowest BCUT2D eigenvalue weighted by Crippen LogP contribution is -2.19. The number of hydrogen-bond acceptors (Lipinski definition) is 5. The van der Waals surface area contributed by atoms with Gasteiger partial charge >= 0.3 is 5.97 Å². The fraction of sp³-hybridized carbons (Fsp3) is 0.0833. The van der Waals surface area contributed by atoms with E-state index < -0.39 is 12.1 Å². The molecule has 0 fully saturated rings. The van der Waals surface area contributed by atoms with Crippen LogP contribution in [0.4, 0.5) is 0 Å². The van der Waals surface area contributed by atoms with Crippen LogP contribution in [0.25, 0.3) is 11.0 Å². The largest absolute Gasteiger partial charge is 0.489 e. The van der Waals surface area contributed by atoms with Crippen molar-refractivity contribution in [3.8, 4) is 17.6 Å². The van der Waals surface area contributed by atoms with Gasteiger partial charge in [0.25, 0.3) is 0 Å². The van der Waals surface area contributed by atoms with Crippen molar-refractivity contribution >= 4 is 28.5 Å². The Balaban J connectivity index is 1.57. The summed E-state index contributed by atoms with van der Waals surface area (Å²) in [6.45, 7) is 0.277. The molecule has 154 valence electrons. The van der Waals surface area contributed by atoms with E-state index in [1.807, 2.05) is 30.3 Å². The van der Waals surface area contributed by atoms with Gasteiger partial charge in [0, 0.05) is 22.0 Å². The summed E-state index contributed by atoms with van der Waals surface area (Å²) in [6, 6.07) is 20.8. The van der Waals surface area contributed by atoms with E-state index >= 15 is 0 Å². The Morgan fingerprint density at radius 1 is 1.13 bits per heavy atom. The highest BCUT2D eigenvalue weighted by Gasteiger charge is 2.25. The number of aliphatic carboxylic acids is 1. The minimum absolute atomic E-state index is 0.0950. The number of benzene rings is 3. The summed E-state index contributed by atoms with van der Waals surface area (Å²) in [5.41, 5.74) is 2.20. The summed E-state index contributed by atoms with van der Waals surface area (Å²) in [5, 5.41) is 20.3. The van der Waals surface area contributed by atoms with Crippen molar-refractivity contribution in [1.82, 2.24) is 0 Å². The molecule has 1 heterocycles. The summed E-state index contributed by atoms with van der Waals surface area (Å²) in [4.78, 5) is 11.8. The second kappa shape index (κ2) is 8.82. The minimum atomic E-state index is -1.38. The van der Waals surface area contributed by atoms with Crippen LogP contribution in [0.5, 0.6) is 11.5 Å². The Hall–Kier alpha value is -3.95. The molecule has 0 radical (unpaired) electrons. The third kappa shape index (κ3) is 4.47. The van der Waals surface area contributed by atoms with Crippen molar-refractivity contribution in [2.45, 2.75) is 12.7 Å². The van der Waals surface area contributed by atoms with Crippen LogP contribution in [-0.4, -0.2) is 11.1 Å². The molecule has 0 aliphatic heterocycles. The number of nitrogens with zero attached hydrogens (tertiary/aromatic N) is 1. The highest BCUT2D eigenvalue weighted by atomic mass is 35.5. The number of hydrogen-bond donors (Lipinski definition) is 1. The highest BCUT2D eigenvalue weighted by molar-refractivity contribution is 6.31. The maximum absolute atomic E-state index is 11.8. The van der Waals surface area contributed by atoms with Gasteiger partial charge in [0.05, 0.1) is 11.8 Å². The average molecular weight is 434 g/mol. The van der Waals surface area contributed by atoms with Gasteiger partial charge in [-0.1, -0.05) is 35.9 Å². The Morgan fingerprint density at radius 2 is 1.97 bits per heavy atom. The molecule has 4 aromatic rings. The molecule has 1 unspecified atom stereocenters. The molecule has 0 saturated carbocycles. The topological polar surface area (TPSA) is 92.7 Å². The maximum atomic E-state index is 11.8. The first-order chi connectivity index (χ1) is 15.0. The van der Waals surface area contributed by atoms with E-state index in [0.29, 0.717) is 11.3 Å². The molecule has 0 spiro atoms. The van der Waals surface area contributed by atoms with Gasteiger partial charge in [0.15, 0.2) is 0 Å². The first-order valence-electron chi connectivity index (χ1n) is 9.32. The molecule has 7 heteroatoms. The lowest BCUT2D eigenvalue weighted by atomic mass is 10.1. The zero-order chi connectivity index (χ0) is 21.8. The van der Waals surface area contributed by atoms with E-state index in [-0.39, 0.29) is 22.9 Å². The number of halogens is 1. The molecule has 1 N–H and O–H groups in total. The molecule has 0 aliphatic rings. The number of carbonyl (C=O) groups is 1. The zero-order valence-electron chi connectivity index (χ0n) is 16.1. The SMILES string of the molecule is N#Cc1ccc(OCc2ccc3occc3c2)cc1OC(C(=O)O)c1ccccc1Cl. The molecule has 1 atom stereocenters. The predicted octanol–water partition coefficient (Wildman–Crippen LogP) is 5.74. The standard InChI is InChI=1S/C24H16ClNO5/c25-20-4-2-1-3-19(20)23(24(27)28)31-22-12-18(7-6-17(22)13-26)30-14-15-5-8-21-16(11-15)9-10-29-21/h1-12,23H,14H2,(H,27,28). The van der Waals surface area contributed by atoms with E-state index in [4.69, 9.17) is 25.5 Å². The van der Waals surface area contributed by atoms with E-state index in [2.05, 4.69) is 0 Å². The minimum Gasteiger partial charge on any atom is -0.489 e. The number of nitriles is 1. The molecule has 3 aromatic carbocycles. The number of ether oxygens (including phenoxy) is 2. The second-order valence-electron chi connectivity index (χ2n) is 6.71. The van der Waals surface area contributed by atoms with Gasteiger partial charge in [-0.3, -0.25) is 0 Å². The summed E-state index contributed by atoms with van der Waals surface area (Å²) < 4.78 is 16.9. The Bertz CT molecular complexity index is 1290. The molecule has 0 bridgehead atoms. The third-order valence-corrected chi connectivity index (χ3v) is 5.00. The van der Waals surface area contributed by atoms with Crippen LogP contribution in [0.15, 0.2) is 77.4 Å². The first kappa shape index (κ1) is 20.3. The number of furan rings is 1. The summed E-state index contributed by atoms with van der Waals surface area (Å²) >= 11 is 6.15. The third-order valence-electron chi connectivity index (χ3n) is 4.65. The maximum Gasteiger partial charge on any atom is 0.349 e. The van der Waals surface area contributed by atoms with Crippen molar-refractivity contribution in [1.29, 1.82) is 5.26 Å². The molecular weight excluding hydrogens is 418 g/mol. The van der Waals surface area contributed by atoms with E-state index in [1.54, 1.807) is 36.6 Å². The number of carboxylic acids is 1. The van der Waals surface area contributed by atoms with Crippen molar-refractivity contribution in [3.63, 3.8) is 0 Å². The van der Waals surface area contributed by atoms with Gasteiger partial charge in [-0.2, -0.15) is 5.26 Å². The molecule has 0 aliphatic carbocycles. The van der Waals surface area contributed by atoms with Gasteiger partial charge in [-0.15, -0.1) is 0 Å². The Kier molecular flexibility index (Phi) is 5.78. The smallest absolute Gasteiger partial charge is 0.349 e. The zero-order valence-corrected chi connectivity index (χ0v) is 16.9. The molecule has 6 nitrogen and oxygen atoms in total. The molecular formula is C24H16ClNO5. The van der Waals surface area contributed by atoms with Gasteiger partial charge in [-0.05, 0) is 42.0 Å². The summed E-state index contributed by atoms with van der Waals surface area (Å²) in [5.74, 6) is -0.695. The van der Waals surface area contributed by atoms with Gasteiger partial charge in [-0.25, -0.2) is 4.79 Å². The van der Waals surface area contributed by atoms with Crippen LogP contribution < -0.4 is 9.47 Å². The van der Waals surface area contributed by atoms with Crippen LogP contribution in [0.3, 0.4) is 0 Å². The summed E-state index contributed by atoms with van der Waals surface area (Å²) in [7, 11) is 0. The fourth-order valence-electron chi connectivity index (χ4n) is 3.12. The normalized spacial score (nSPS) is 11.6. The van der Waals surface area contributed by atoms with E-state index in [1.165, 1.54) is 12.1 Å². The first-order valence-corrected chi connectivity index (χ1v) is 9.70. The number of fused-ring (bicyclic) bond motifs is 1. The second-order valence-corrected chi connectivity index (χ2v) is 7.12. The highest BCUT2D eigenvalue weighted by Crippen LogP contribution is 2.32. The van der Waals surface area contributed by atoms with Gasteiger partial charge < -0.3 is 19.0 Å². The van der Waals surface area contributed by atoms with Crippen LogP contribution in [0.1, 0.15) is 22.8 Å². The lowest BCUT2D eigenvalue weighted by molar-refractivity contribution is -0.145.